The molecule has 2 N–H and O–H groups in total. The summed E-state index contributed by atoms with van der Waals surface area (Å²) < 4.78 is 5.85. The molecule has 0 aliphatic carbocycles. The van der Waals surface area contributed by atoms with E-state index in [0.29, 0.717) is 36.0 Å². The third kappa shape index (κ3) is 3.66. The Kier molecular flexibility index (Phi) is 4.84. The highest BCUT2D eigenvalue weighted by molar-refractivity contribution is 6.31. The molecule has 1 atom stereocenters. The summed E-state index contributed by atoms with van der Waals surface area (Å²) in [5.74, 6) is 0.533. The number of hydrogen-bond donors (Lipinski definition) is 1. The van der Waals surface area contributed by atoms with Crippen LogP contribution in [0.1, 0.15) is 22.3 Å². The maximum absolute atomic E-state index is 12.7. The van der Waals surface area contributed by atoms with Crippen LogP contribution in [-0.4, -0.2) is 29.9 Å². The van der Waals surface area contributed by atoms with E-state index in [4.69, 9.17) is 22.1 Å². The normalized spacial score (nSPS) is 17.3. The second-order valence-electron chi connectivity index (χ2n) is 5.68. The topological polar surface area (TPSA) is 55.6 Å². The van der Waals surface area contributed by atoms with Gasteiger partial charge in [-0.15, -0.1) is 0 Å². The van der Waals surface area contributed by atoms with Crippen LogP contribution in [0, 0.1) is 0 Å². The molecule has 5 heteroatoms. The molecule has 1 aliphatic heterocycles. The van der Waals surface area contributed by atoms with Crippen molar-refractivity contribution >= 4 is 17.5 Å². The minimum Gasteiger partial charge on any atom is -0.488 e. The monoisotopic (exact) mass is 330 g/mol. The van der Waals surface area contributed by atoms with Crippen molar-refractivity contribution in [3.63, 3.8) is 0 Å². The highest BCUT2D eigenvalue weighted by atomic mass is 35.5. The molecular formula is C18H19ClN2O2. The highest BCUT2D eigenvalue weighted by Crippen LogP contribution is 2.24. The zero-order valence-corrected chi connectivity index (χ0v) is 13.5. The Morgan fingerprint density at radius 1 is 1.22 bits per heavy atom. The molecule has 0 bridgehead atoms. The molecule has 0 radical (unpaired) electrons. The Balaban J connectivity index is 1.75. The largest absolute Gasteiger partial charge is 0.488 e. The molecule has 1 aliphatic rings. The van der Waals surface area contributed by atoms with E-state index < -0.39 is 0 Å². The van der Waals surface area contributed by atoms with Crippen molar-refractivity contribution in [2.75, 3.05) is 13.1 Å². The van der Waals surface area contributed by atoms with Crippen molar-refractivity contribution < 1.29 is 9.53 Å². The fourth-order valence-electron chi connectivity index (χ4n) is 2.68. The van der Waals surface area contributed by atoms with Crippen LogP contribution >= 0.6 is 11.6 Å². The van der Waals surface area contributed by atoms with E-state index in [2.05, 4.69) is 0 Å². The van der Waals surface area contributed by atoms with E-state index in [1.807, 2.05) is 36.4 Å². The number of carbonyl (C=O) groups excluding carboxylic acids is 1. The lowest BCUT2D eigenvalue weighted by Gasteiger charge is -2.18. The van der Waals surface area contributed by atoms with Gasteiger partial charge in [-0.1, -0.05) is 41.9 Å². The first-order valence-electron chi connectivity index (χ1n) is 7.65. The number of rotatable bonds is 4. The molecule has 23 heavy (non-hydrogen) atoms. The molecule has 1 saturated heterocycles. The molecule has 2 aromatic carbocycles. The molecule has 0 spiro atoms. The summed E-state index contributed by atoms with van der Waals surface area (Å²) in [6, 6.07) is 14.9. The van der Waals surface area contributed by atoms with E-state index in [0.717, 1.165) is 12.0 Å². The van der Waals surface area contributed by atoms with Crippen molar-refractivity contribution in [3.05, 3.63) is 64.7 Å². The Hall–Kier alpha value is -2.04. The number of benzene rings is 2. The molecule has 120 valence electrons. The van der Waals surface area contributed by atoms with Crippen LogP contribution in [0.3, 0.4) is 0 Å². The minimum absolute atomic E-state index is 0.0345. The van der Waals surface area contributed by atoms with Gasteiger partial charge in [0.25, 0.3) is 5.91 Å². The SMILES string of the molecule is N[C@@H]1CCN(C(=O)c2ccccc2OCc2ccccc2Cl)C1. The average Bonchev–Trinajstić information content (AvgIpc) is 3.00. The first-order valence-corrected chi connectivity index (χ1v) is 8.03. The summed E-state index contributed by atoms with van der Waals surface area (Å²) in [5, 5.41) is 0.654. The maximum Gasteiger partial charge on any atom is 0.257 e. The summed E-state index contributed by atoms with van der Waals surface area (Å²) in [6.07, 6.45) is 0.842. The number of nitrogens with zero attached hydrogens (tertiary/aromatic N) is 1. The van der Waals surface area contributed by atoms with Gasteiger partial charge in [0, 0.05) is 29.7 Å². The van der Waals surface area contributed by atoms with E-state index in [1.165, 1.54) is 0 Å². The third-order valence-electron chi connectivity index (χ3n) is 3.97. The lowest BCUT2D eigenvalue weighted by atomic mass is 10.1. The molecule has 0 aromatic heterocycles. The predicted octanol–water partition coefficient (Wildman–Crippen LogP) is 3.09. The van der Waals surface area contributed by atoms with Gasteiger partial charge in [0.1, 0.15) is 12.4 Å². The van der Waals surface area contributed by atoms with Crippen molar-refractivity contribution in [2.24, 2.45) is 5.73 Å². The van der Waals surface area contributed by atoms with Gasteiger partial charge in [0.2, 0.25) is 0 Å². The van der Waals surface area contributed by atoms with Crippen molar-refractivity contribution in [2.45, 2.75) is 19.1 Å². The van der Waals surface area contributed by atoms with Gasteiger partial charge in [-0.05, 0) is 24.6 Å². The second kappa shape index (κ2) is 7.02. The van der Waals surface area contributed by atoms with Crippen LogP contribution in [0.15, 0.2) is 48.5 Å². The molecule has 2 aromatic rings. The van der Waals surface area contributed by atoms with Crippen LogP contribution in [-0.2, 0) is 6.61 Å². The van der Waals surface area contributed by atoms with Crippen molar-refractivity contribution in [1.82, 2.24) is 4.90 Å². The number of carbonyl (C=O) groups is 1. The first kappa shape index (κ1) is 15.8. The fraction of sp³-hybridized carbons (Fsp3) is 0.278. The minimum atomic E-state index is -0.0345. The van der Waals surface area contributed by atoms with Gasteiger partial charge in [-0.3, -0.25) is 4.79 Å². The van der Waals surface area contributed by atoms with Crippen LogP contribution in [0.5, 0.6) is 5.75 Å². The van der Waals surface area contributed by atoms with E-state index in [-0.39, 0.29) is 11.9 Å². The molecule has 3 rings (SSSR count). The molecule has 4 nitrogen and oxygen atoms in total. The average molecular weight is 331 g/mol. The molecule has 1 heterocycles. The standard InChI is InChI=1S/C18H19ClN2O2/c19-16-7-3-1-5-13(16)12-23-17-8-4-2-6-15(17)18(22)21-10-9-14(20)11-21/h1-8,14H,9-12,20H2/t14-/m1/s1. The predicted molar refractivity (Wildman–Crippen MR) is 90.7 cm³/mol. The van der Waals surface area contributed by atoms with E-state index >= 15 is 0 Å². The molecular weight excluding hydrogens is 312 g/mol. The first-order chi connectivity index (χ1) is 11.1. The number of amides is 1. The Bertz CT molecular complexity index is 705. The quantitative estimate of drug-likeness (QED) is 0.937. The van der Waals surface area contributed by atoms with Gasteiger partial charge < -0.3 is 15.4 Å². The van der Waals surface area contributed by atoms with Crippen LogP contribution in [0.2, 0.25) is 5.02 Å². The van der Waals surface area contributed by atoms with Crippen LogP contribution < -0.4 is 10.5 Å². The Morgan fingerprint density at radius 3 is 2.70 bits per heavy atom. The van der Waals surface area contributed by atoms with E-state index in [1.54, 1.807) is 17.0 Å². The molecule has 0 unspecified atom stereocenters. The van der Waals surface area contributed by atoms with Gasteiger partial charge >= 0.3 is 0 Å². The zero-order chi connectivity index (χ0) is 16.2. The summed E-state index contributed by atoms with van der Waals surface area (Å²) in [6.45, 7) is 1.61. The zero-order valence-electron chi connectivity index (χ0n) is 12.7. The van der Waals surface area contributed by atoms with E-state index in [9.17, 15) is 4.79 Å². The van der Waals surface area contributed by atoms with Gasteiger partial charge in [-0.2, -0.15) is 0 Å². The van der Waals surface area contributed by atoms with Gasteiger partial charge in [-0.25, -0.2) is 0 Å². The smallest absolute Gasteiger partial charge is 0.257 e. The van der Waals surface area contributed by atoms with Crippen molar-refractivity contribution in [1.29, 1.82) is 0 Å². The number of ether oxygens (including phenoxy) is 1. The molecule has 1 fully saturated rings. The summed E-state index contributed by atoms with van der Waals surface area (Å²) in [4.78, 5) is 14.4. The highest BCUT2D eigenvalue weighted by Gasteiger charge is 2.26. The molecule has 1 amide bonds. The lowest BCUT2D eigenvalue weighted by Crippen LogP contribution is -2.32. The van der Waals surface area contributed by atoms with Gasteiger partial charge in [0.05, 0.1) is 5.56 Å². The number of likely N-dealkylation sites (tertiary alicyclic amines) is 1. The second-order valence-corrected chi connectivity index (χ2v) is 6.08. The fourth-order valence-corrected chi connectivity index (χ4v) is 2.87. The summed E-state index contributed by atoms with van der Waals surface area (Å²) >= 11 is 6.14. The Morgan fingerprint density at radius 2 is 1.96 bits per heavy atom. The van der Waals surface area contributed by atoms with Crippen molar-refractivity contribution in [3.8, 4) is 5.75 Å². The number of para-hydroxylation sites is 1. The van der Waals surface area contributed by atoms with Gasteiger partial charge in [0.15, 0.2) is 0 Å². The number of nitrogens with two attached hydrogens (primary N) is 1. The van der Waals surface area contributed by atoms with Crippen LogP contribution in [0.25, 0.3) is 0 Å². The summed E-state index contributed by atoms with van der Waals surface area (Å²) in [5.41, 5.74) is 7.34. The number of halogens is 1. The van der Waals surface area contributed by atoms with Crippen LogP contribution in [0.4, 0.5) is 0 Å². The molecule has 0 saturated carbocycles. The lowest BCUT2D eigenvalue weighted by molar-refractivity contribution is 0.0786. The maximum atomic E-state index is 12.7. The Labute approximate surface area is 140 Å². The summed E-state index contributed by atoms with van der Waals surface area (Å²) in [7, 11) is 0. The third-order valence-corrected chi connectivity index (χ3v) is 4.34. The number of hydrogen-bond acceptors (Lipinski definition) is 3.